The molecule has 0 amide bonds. The molecular weight excluding hydrogens is 921 g/mol. The van der Waals surface area contributed by atoms with Gasteiger partial charge in [-0.25, -0.2) is 33.6 Å². The first-order valence-electron chi connectivity index (χ1n) is 21.8. The van der Waals surface area contributed by atoms with Gasteiger partial charge in [0.2, 0.25) is 6.29 Å². The smallest absolute Gasteiger partial charge is 0.463 e. The maximum absolute atomic E-state index is 13.1. The van der Waals surface area contributed by atoms with Crippen LogP contribution in [-0.4, -0.2) is 111 Å². The summed E-state index contributed by atoms with van der Waals surface area (Å²) >= 11 is 0. The monoisotopic (exact) mass is 968 g/mol. The zero-order chi connectivity index (χ0) is 49.8. The second kappa shape index (κ2) is 25.9. The van der Waals surface area contributed by atoms with Gasteiger partial charge < -0.3 is 61.9 Å². The standard InChI is InChI=1S/C50H48O20/c1-3-41(51)59-25-5-7-27-61-49(57)67-37-21-13-31(14-22-37)45(53)65-35-17-9-33(10-18-35)47(55)69-39-29-63-44-40(30-64-43(39)44)70-48(56)34-11-19-36(20-12-34)66-46(54)32-15-23-38(24-16-32)68-50(58)62-28-8-6-26-60-42(52)4-2/h3-4,9-24,39-40,43-45,53H,1-2,5-8,25-30H2/t39-,40+,43-,44-,45?/m1/s1. The lowest BCUT2D eigenvalue weighted by atomic mass is 10.1. The number of hydrogen-bond donors (Lipinski definition) is 1. The van der Waals surface area contributed by atoms with Crippen LogP contribution in [0.5, 0.6) is 23.0 Å². The van der Waals surface area contributed by atoms with E-state index in [0.717, 1.165) is 12.2 Å². The SMILES string of the molecule is C=CC(=O)OCCCCOC(=O)Oc1ccc(C(=O)Oc2ccc(C(=O)O[C@H]3CO[C@H]4[C@@H]3OC[C@H]4OC(=O)c3ccc(OC(O)c4ccc(OC(=O)OCCCCOC(=O)C=C)cc4)cc3)cc2)cc1. The average Bonchev–Trinajstić information content (AvgIpc) is 3.96. The quantitative estimate of drug-likeness (QED) is 0.0157. The van der Waals surface area contributed by atoms with E-state index in [1.54, 1.807) is 0 Å². The fourth-order valence-electron chi connectivity index (χ4n) is 6.53. The second-order valence-electron chi connectivity index (χ2n) is 15.0. The molecule has 20 nitrogen and oxygen atoms in total. The van der Waals surface area contributed by atoms with Crippen LogP contribution in [0.15, 0.2) is 122 Å². The topological polar surface area (TPSA) is 250 Å². The predicted molar refractivity (Wildman–Crippen MR) is 239 cm³/mol. The van der Waals surface area contributed by atoms with Crippen molar-refractivity contribution in [3.8, 4) is 23.0 Å². The van der Waals surface area contributed by atoms with E-state index < -0.39 is 72.9 Å². The fourth-order valence-corrected chi connectivity index (χ4v) is 6.53. The third-order valence-electron chi connectivity index (χ3n) is 10.1. The zero-order valence-electron chi connectivity index (χ0n) is 37.5. The van der Waals surface area contributed by atoms with Gasteiger partial charge in [0.05, 0.1) is 56.3 Å². The highest BCUT2D eigenvalue weighted by Gasteiger charge is 2.51. The minimum Gasteiger partial charge on any atom is -0.463 e. The van der Waals surface area contributed by atoms with Crippen LogP contribution in [0, 0.1) is 0 Å². The molecule has 0 radical (unpaired) electrons. The van der Waals surface area contributed by atoms with Gasteiger partial charge in [-0.3, -0.25) is 0 Å². The summed E-state index contributed by atoms with van der Waals surface area (Å²) in [4.78, 5) is 84.9. The van der Waals surface area contributed by atoms with Gasteiger partial charge in [-0.05, 0) is 123 Å². The summed E-state index contributed by atoms with van der Waals surface area (Å²) in [7, 11) is 0. The summed E-state index contributed by atoms with van der Waals surface area (Å²) in [5, 5.41) is 10.6. The Morgan fingerprint density at radius 1 is 0.500 bits per heavy atom. The van der Waals surface area contributed by atoms with E-state index in [4.69, 9.17) is 56.8 Å². The van der Waals surface area contributed by atoms with Crippen LogP contribution in [0.1, 0.15) is 68.6 Å². The minimum absolute atomic E-state index is 0.00825. The van der Waals surface area contributed by atoms with Crippen molar-refractivity contribution in [2.45, 2.75) is 56.4 Å². The van der Waals surface area contributed by atoms with Gasteiger partial charge in [0.15, 0.2) is 12.2 Å². The largest absolute Gasteiger partial charge is 0.513 e. The number of ether oxygens (including phenoxy) is 12. The lowest BCUT2D eigenvalue weighted by molar-refractivity contribution is -0.138. The molecule has 2 aliphatic heterocycles. The van der Waals surface area contributed by atoms with E-state index in [1.165, 1.54) is 97.1 Å². The molecule has 0 aliphatic carbocycles. The molecule has 368 valence electrons. The Bertz CT molecular complexity index is 2450. The number of carbonyl (C=O) groups excluding carboxylic acids is 7. The van der Waals surface area contributed by atoms with E-state index in [9.17, 15) is 38.7 Å². The van der Waals surface area contributed by atoms with Gasteiger partial charge in [-0.1, -0.05) is 13.2 Å². The van der Waals surface area contributed by atoms with Crippen molar-refractivity contribution >= 4 is 42.2 Å². The number of rotatable bonds is 23. The van der Waals surface area contributed by atoms with Crippen molar-refractivity contribution in [3.05, 3.63) is 145 Å². The molecule has 6 rings (SSSR count). The van der Waals surface area contributed by atoms with Crippen LogP contribution in [-0.2, 0) is 47.5 Å². The molecule has 0 aromatic heterocycles. The fraction of sp³-hybridized carbons (Fsp3) is 0.300. The van der Waals surface area contributed by atoms with Crippen LogP contribution in [0.25, 0.3) is 0 Å². The van der Waals surface area contributed by atoms with Crippen LogP contribution >= 0.6 is 0 Å². The normalized spacial score (nSPS) is 17.0. The van der Waals surface area contributed by atoms with Crippen LogP contribution in [0.4, 0.5) is 9.59 Å². The summed E-state index contributed by atoms with van der Waals surface area (Å²) in [6.07, 6.45) is -2.30. The molecule has 4 aromatic carbocycles. The summed E-state index contributed by atoms with van der Waals surface area (Å²) in [6, 6.07) is 23.0. The number of fused-ring (bicyclic) bond motifs is 1. The molecule has 4 aromatic rings. The molecule has 70 heavy (non-hydrogen) atoms. The average molecular weight is 969 g/mol. The van der Waals surface area contributed by atoms with Crippen molar-refractivity contribution in [1.29, 1.82) is 0 Å². The molecule has 2 aliphatic rings. The summed E-state index contributed by atoms with van der Waals surface area (Å²) in [6.45, 7) is 7.03. The molecule has 1 unspecified atom stereocenters. The highest BCUT2D eigenvalue weighted by Crippen LogP contribution is 2.32. The maximum atomic E-state index is 13.1. The van der Waals surface area contributed by atoms with E-state index in [2.05, 4.69) is 13.2 Å². The number of aliphatic hydroxyl groups excluding tert-OH is 1. The lowest BCUT2D eigenvalue weighted by Gasteiger charge is -2.18. The molecule has 0 saturated carbocycles. The van der Waals surface area contributed by atoms with Gasteiger partial charge >= 0.3 is 42.2 Å². The third-order valence-corrected chi connectivity index (χ3v) is 10.1. The highest BCUT2D eigenvalue weighted by molar-refractivity contribution is 5.92. The number of esters is 5. The molecule has 20 heteroatoms. The van der Waals surface area contributed by atoms with Gasteiger partial charge in [0.25, 0.3) is 0 Å². The van der Waals surface area contributed by atoms with E-state index >= 15 is 0 Å². The molecule has 2 saturated heterocycles. The number of carbonyl (C=O) groups is 7. The Morgan fingerprint density at radius 2 is 0.857 bits per heavy atom. The van der Waals surface area contributed by atoms with E-state index in [0.29, 0.717) is 31.2 Å². The van der Waals surface area contributed by atoms with Crippen LogP contribution in [0.3, 0.4) is 0 Å². The molecule has 5 atom stereocenters. The van der Waals surface area contributed by atoms with Crippen molar-refractivity contribution < 1.29 is 95.5 Å². The predicted octanol–water partition coefficient (Wildman–Crippen LogP) is 6.57. The Labute approximate surface area is 400 Å². The molecule has 1 N–H and O–H groups in total. The number of unbranched alkanes of at least 4 members (excludes halogenated alkanes) is 2. The highest BCUT2D eigenvalue weighted by atomic mass is 16.7. The first-order chi connectivity index (χ1) is 33.9. The molecule has 0 spiro atoms. The van der Waals surface area contributed by atoms with Gasteiger partial charge in [0, 0.05) is 17.7 Å². The second-order valence-corrected chi connectivity index (χ2v) is 15.0. The summed E-state index contributed by atoms with van der Waals surface area (Å²) in [5.74, 6) is -2.45. The van der Waals surface area contributed by atoms with E-state index in [1.807, 2.05) is 0 Å². The first kappa shape index (κ1) is 51.3. The molecule has 2 fully saturated rings. The van der Waals surface area contributed by atoms with Crippen molar-refractivity contribution in [2.75, 3.05) is 39.6 Å². The molecular formula is C50H48O20. The Hall–Kier alpha value is -8.07. The minimum atomic E-state index is -1.40. The number of benzene rings is 4. The first-order valence-corrected chi connectivity index (χ1v) is 21.8. The summed E-state index contributed by atoms with van der Waals surface area (Å²) < 4.78 is 64.0. The van der Waals surface area contributed by atoms with Gasteiger partial charge in [0.1, 0.15) is 35.2 Å². The van der Waals surface area contributed by atoms with Gasteiger partial charge in [-0.15, -0.1) is 0 Å². The van der Waals surface area contributed by atoms with Crippen molar-refractivity contribution in [3.63, 3.8) is 0 Å². The Morgan fingerprint density at radius 3 is 1.27 bits per heavy atom. The van der Waals surface area contributed by atoms with E-state index in [-0.39, 0.29) is 79.3 Å². The molecule has 2 heterocycles. The third kappa shape index (κ3) is 15.5. The van der Waals surface area contributed by atoms with Crippen LogP contribution in [0.2, 0.25) is 0 Å². The number of hydrogen-bond acceptors (Lipinski definition) is 20. The van der Waals surface area contributed by atoms with Crippen molar-refractivity contribution in [2.24, 2.45) is 0 Å². The Balaban J connectivity index is 0.875. The Kier molecular flexibility index (Phi) is 19.0. The van der Waals surface area contributed by atoms with Crippen LogP contribution < -0.4 is 18.9 Å². The molecule has 0 bridgehead atoms. The maximum Gasteiger partial charge on any atom is 0.513 e. The summed E-state index contributed by atoms with van der Waals surface area (Å²) in [5.41, 5.74) is 0.846. The number of aliphatic hydroxyl groups is 1. The van der Waals surface area contributed by atoms with Crippen molar-refractivity contribution in [1.82, 2.24) is 0 Å². The van der Waals surface area contributed by atoms with Gasteiger partial charge in [-0.2, -0.15) is 0 Å². The zero-order valence-corrected chi connectivity index (χ0v) is 37.5. The lowest BCUT2D eigenvalue weighted by Crippen LogP contribution is -2.36.